The Labute approximate surface area is 208 Å². The Morgan fingerprint density at radius 3 is 2.77 bits per heavy atom. The van der Waals surface area contributed by atoms with Crippen LogP contribution in [0.25, 0.3) is 10.9 Å². The summed E-state index contributed by atoms with van der Waals surface area (Å²) in [7, 11) is 0. The van der Waals surface area contributed by atoms with Gasteiger partial charge in [0.1, 0.15) is 10.8 Å². The number of aromatic nitrogens is 2. The zero-order valence-electron chi connectivity index (χ0n) is 20.3. The number of nitrogens with one attached hydrogen (secondary N) is 1. The highest BCUT2D eigenvalue weighted by molar-refractivity contribution is 7.17. The molecule has 8 heteroatoms. The summed E-state index contributed by atoms with van der Waals surface area (Å²) in [6, 6.07) is 5.03. The Morgan fingerprint density at radius 1 is 1.14 bits per heavy atom. The van der Waals surface area contributed by atoms with Crippen molar-refractivity contribution in [1.82, 2.24) is 9.55 Å². The molecule has 35 heavy (non-hydrogen) atoms. The molecule has 5 rings (SSSR count). The second kappa shape index (κ2) is 9.93. The molecule has 0 spiro atoms. The van der Waals surface area contributed by atoms with E-state index in [4.69, 9.17) is 9.72 Å². The van der Waals surface area contributed by atoms with Crippen LogP contribution in [-0.4, -0.2) is 27.5 Å². The molecule has 3 heterocycles. The third-order valence-electron chi connectivity index (χ3n) is 7.06. The van der Waals surface area contributed by atoms with Gasteiger partial charge in [-0.15, -0.1) is 11.3 Å². The average Bonchev–Trinajstić information content (AvgIpc) is 3.04. The van der Waals surface area contributed by atoms with E-state index in [9.17, 15) is 14.4 Å². The predicted molar refractivity (Wildman–Crippen MR) is 138 cm³/mol. The third-order valence-corrected chi connectivity index (χ3v) is 8.27. The van der Waals surface area contributed by atoms with Crippen molar-refractivity contribution in [3.8, 4) is 0 Å². The van der Waals surface area contributed by atoms with Gasteiger partial charge in [-0.3, -0.25) is 14.2 Å². The number of nitrogens with zero attached hydrogens (tertiary/aromatic N) is 2. The lowest BCUT2D eigenvalue weighted by Gasteiger charge is -2.15. The van der Waals surface area contributed by atoms with E-state index in [0.29, 0.717) is 33.6 Å². The van der Waals surface area contributed by atoms with Crippen LogP contribution in [0.3, 0.4) is 0 Å². The van der Waals surface area contributed by atoms with Gasteiger partial charge in [-0.1, -0.05) is 13.3 Å². The van der Waals surface area contributed by atoms with Crippen molar-refractivity contribution in [1.29, 1.82) is 0 Å². The fourth-order valence-electron chi connectivity index (χ4n) is 4.93. The number of carbonyl (C=O) groups excluding carboxylic acids is 2. The molecule has 2 aromatic heterocycles. The van der Waals surface area contributed by atoms with Crippen LogP contribution in [0, 0.1) is 0 Å². The summed E-state index contributed by atoms with van der Waals surface area (Å²) >= 11 is 1.47. The summed E-state index contributed by atoms with van der Waals surface area (Å²) in [5.41, 5.74) is 2.43. The zero-order valence-corrected chi connectivity index (χ0v) is 21.1. The van der Waals surface area contributed by atoms with E-state index in [1.807, 2.05) is 13.8 Å². The van der Waals surface area contributed by atoms with Crippen LogP contribution in [0.2, 0.25) is 0 Å². The Hall–Kier alpha value is -3.00. The zero-order chi connectivity index (χ0) is 24.5. The molecule has 0 bridgehead atoms. The first-order valence-corrected chi connectivity index (χ1v) is 13.5. The largest absolute Gasteiger partial charge is 0.459 e. The molecule has 0 saturated heterocycles. The molecule has 1 amide bonds. The number of esters is 1. The maximum absolute atomic E-state index is 13.3. The van der Waals surface area contributed by atoms with E-state index >= 15 is 0 Å². The number of carbonyl (C=O) groups is 2. The molecule has 0 radical (unpaired) electrons. The van der Waals surface area contributed by atoms with Gasteiger partial charge in [0.25, 0.3) is 11.5 Å². The van der Waals surface area contributed by atoms with Crippen molar-refractivity contribution in [2.45, 2.75) is 84.3 Å². The van der Waals surface area contributed by atoms with Crippen LogP contribution in [0.4, 0.5) is 5.00 Å². The number of thiophene rings is 1. The quantitative estimate of drug-likeness (QED) is 0.489. The van der Waals surface area contributed by atoms with Crippen LogP contribution in [0.1, 0.15) is 89.4 Å². The molecule has 2 aliphatic rings. The van der Waals surface area contributed by atoms with Gasteiger partial charge in [-0.25, -0.2) is 9.78 Å². The van der Waals surface area contributed by atoms with Gasteiger partial charge < -0.3 is 10.1 Å². The van der Waals surface area contributed by atoms with E-state index in [1.165, 1.54) is 11.3 Å². The minimum absolute atomic E-state index is 0.0418. The van der Waals surface area contributed by atoms with Crippen molar-refractivity contribution in [2.24, 2.45) is 0 Å². The average molecular weight is 494 g/mol. The van der Waals surface area contributed by atoms with E-state index in [-0.39, 0.29) is 23.5 Å². The SMILES string of the molecule is CC[C@H](C)OC(=O)c1c(NC(=O)c2ccc3c(=O)n4c(nc3c2)CCCCC4)sc2c1CCCC2. The summed E-state index contributed by atoms with van der Waals surface area (Å²) in [4.78, 5) is 45.2. The Morgan fingerprint density at radius 2 is 1.94 bits per heavy atom. The summed E-state index contributed by atoms with van der Waals surface area (Å²) in [6.45, 7) is 4.54. The number of rotatable bonds is 5. The van der Waals surface area contributed by atoms with Crippen LogP contribution < -0.4 is 10.9 Å². The number of hydrogen-bond acceptors (Lipinski definition) is 6. The van der Waals surface area contributed by atoms with Gasteiger partial charge >= 0.3 is 5.97 Å². The molecule has 1 aliphatic carbocycles. The van der Waals surface area contributed by atoms with Gasteiger partial charge in [0.05, 0.1) is 22.6 Å². The van der Waals surface area contributed by atoms with Crippen molar-refractivity contribution in [3.05, 3.63) is 55.9 Å². The van der Waals surface area contributed by atoms with Crippen LogP contribution >= 0.6 is 11.3 Å². The van der Waals surface area contributed by atoms with E-state index in [2.05, 4.69) is 5.32 Å². The van der Waals surface area contributed by atoms with E-state index in [0.717, 1.165) is 74.1 Å². The predicted octanol–water partition coefficient (Wildman–Crippen LogP) is 5.27. The highest BCUT2D eigenvalue weighted by Gasteiger charge is 2.28. The van der Waals surface area contributed by atoms with Crippen molar-refractivity contribution in [2.75, 3.05) is 5.32 Å². The van der Waals surface area contributed by atoms with Crippen molar-refractivity contribution >= 4 is 39.1 Å². The van der Waals surface area contributed by atoms with E-state index in [1.54, 1.807) is 22.8 Å². The molecular weight excluding hydrogens is 462 g/mol. The molecule has 184 valence electrons. The Balaban J connectivity index is 1.47. The molecule has 1 atom stereocenters. The van der Waals surface area contributed by atoms with Crippen LogP contribution in [-0.2, 0) is 30.5 Å². The van der Waals surface area contributed by atoms with E-state index < -0.39 is 0 Å². The fourth-order valence-corrected chi connectivity index (χ4v) is 6.20. The lowest BCUT2D eigenvalue weighted by Crippen LogP contribution is -2.24. The number of ether oxygens (including phenoxy) is 1. The Kier molecular flexibility index (Phi) is 6.73. The first-order valence-electron chi connectivity index (χ1n) is 12.7. The highest BCUT2D eigenvalue weighted by Crippen LogP contribution is 2.39. The maximum atomic E-state index is 13.3. The number of anilines is 1. The normalized spacial score (nSPS) is 16.2. The molecule has 0 unspecified atom stereocenters. The monoisotopic (exact) mass is 493 g/mol. The second-order valence-electron chi connectivity index (χ2n) is 9.52. The van der Waals surface area contributed by atoms with Crippen LogP contribution in [0.15, 0.2) is 23.0 Å². The van der Waals surface area contributed by atoms with Gasteiger partial charge in [0.2, 0.25) is 0 Å². The summed E-state index contributed by atoms with van der Waals surface area (Å²) in [5.74, 6) is 0.100. The minimum Gasteiger partial charge on any atom is -0.459 e. The number of aryl methyl sites for hydroxylation is 2. The molecule has 1 N–H and O–H groups in total. The van der Waals surface area contributed by atoms with Crippen molar-refractivity contribution < 1.29 is 14.3 Å². The third kappa shape index (κ3) is 4.63. The Bertz CT molecular complexity index is 1360. The topological polar surface area (TPSA) is 90.3 Å². The molecule has 1 aliphatic heterocycles. The first kappa shape index (κ1) is 23.7. The first-order chi connectivity index (χ1) is 17.0. The molecule has 3 aromatic rings. The summed E-state index contributed by atoms with van der Waals surface area (Å²) in [5, 5.41) is 4.05. The fraction of sp³-hybridized carbons (Fsp3) is 0.481. The minimum atomic E-state index is -0.370. The lowest BCUT2D eigenvalue weighted by atomic mass is 9.95. The van der Waals surface area contributed by atoms with Gasteiger partial charge in [0, 0.05) is 23.4 Å². The number of benzene rings is 1. The second-order valence-corrected chi connectivity index (χ2v) is 10.6. The van der Waals surface area contributed by atoms with Gasteiger partial charge in [-0.2, -0.15) is 0 Å². The number of fused-ring (bicyclic) bond motifs is 3. The summed E-state index contributed by atoms with van der Waals surface area (Å²) < 4.78 is 7.42. The number of amides is 1. The maximum Gasteiger partial charge on any atom is 0.341 e. The molecule has 1 aromatic carbocycles. The molecular formula is C27H31N3O4S. The smallest absolute Gasteiger partial charge is 0.341 e. The molecule has 7 nitrogen and oxygen atoms in total. The lowest BCUT2D eigenvalue weighted by molar-refractivity contribution is 0.0335. The molecule has 0 saturated carbocycles. The summed E-state index contributed by atoms with van der Waals surface area (Å²) in [6.07, 6.45) is 8.22. The molecule has 0 fully saturated rings. The standard InChI is InChI=1S/C27H31N3O4S/c1-3-16(2)34-27(33)23-19-9-6-7-10-21(19)35-25(23)29-24(31)17-12-13-18-20(15-17)28-22-11-5-4-8-14-30(22)26(18)32/h12-13,15-16H,3-11,14H2,1-2H3,(H,29,31)/t16-/m0/s1. The van der Waals surface area contributed by atoms with Gasteiger partial charge in [0.15, 0.2) is 0 Å². The number of hydrogen-bond donors (Lipinski definition) is 1. The van der Waals surface area contributed by atoms with Crippen LogP contribution in [0.5, 0.6) is 0 Å². The highest BCUT2D eigenvalue weighted by atomic mass is 32.1. The van der Waals surface area contributed by atoms with Crippen molar-refractivity contribution in [3.63, 3.8) is 0 Å². The van der Waals surface area contributed by atoms with Gasteiger partial charge in [-0.05, 0) is 75.6 Å².